The number of phenols is 1. The van der Waals surface area contributed by atoms with E-state index in [0.717, 1.165) is 67.6 Å². The van der Waals surface area contributed by atoms with Gasteiger partial charge in [0.05, 0.1) is 48.8 Å². The number of carbonyl (C=O) groups is 1. The topological polar surface area (TPSA) is 138 Å². The van der Waals surface area contributed by atoms with Crippen LogP contribution in [0.4, 0.5) is 11.4 Å². The van der Waals surface area contributed by atoms with Crippen molar-refractivity contribution in [1.82, 2.24) is 0 Å². The van der Waals surface area contributed by atoms with Gasteiger partial charge in [0, 0.05) is 98.6 Å². The third-order valence-corrected chi connectivity index (χ3v) is 20.3. The summed E-state index contributed by atoms with van der Waals surface area (Å²) in [5.41, 5.74) is 10.0. The maximum atomic E-state index is 11.8. The van der Waals surface area contributed by atoms with Crippen LogP contribution in [0.15, 0.2) is 168 Å². The van der Waals surface area contributed by atoms with E-state index in [1.54, 1.807) is 18.2 Å². The molecule has 5 aliphatic heterocycles. The van der Waals surface area contributed by atoms with E-state index in [-0.39, 0.29) is 65.2 Å². The first-order valence-electron chi connectivity index (χ1n) is 34.1. The average Bonchev–Trinajstić information content (AvgIpc) is 1.58. The number of likely N-dealkylation sites (N-methyl/N-ethyl adjacent to an activating group) is 2. The first-order valence-corrected chi connectivity index (χ1v) is 34.1. The molecule has 0 amide bonds. The number of hydrogen-bond acceptors (Lipinski definition) is 13. The van der Waals surface area contributed by atoms with Gasteiger partial charge >= 0.3 is 5.97 Å². The van der Waals surface area contributed by atoms with Gasteiger partial charge in [-0.05, 0) is 131 Å². The number of esters is 1. The van der Waals surface area contributed by atoms with Crippen LogP contribution in [0.3, 0.4) is 0 Å². The Bertz CT molecular complexity index is 3730. The van der Waals surface area contributed by atoms with Gasteiger partial charge in [0.1, 0.15) is 23.4 Å². The van der Waals surface area contributed by atoms with Crippen molar-refractivity contribution in [2.75, 3.05) is 23.9 Å². The number of phenolic OH excluding ortho intramolecular Hbond substituents is 1. The standard InChI is InChI=1S/C79H96N2O11/c1-11-21-72-86-62(46-63(87-72)48-65-45-61(43-57(84)42-58(12-2)85-49(4)82)90-76(92-65)54-26-19-28-56(83)40-54)47-64-44-59(13-3)89-77(91-64)55-27-20-29-60(41-55)88-75-52(34-38-70-78(5,6)73-66-30-16-14-22-50(66)32-36-68(73)80(70)9)24-18-25-53(75)35-39-71-79(7,8)74-67-31-17-15-23-51(67)33-37-69(74)81(71)10/h14-17,19-20,22-23,26-41,57-59,61-65,70,72,76-77,83-84H,11-13,18,21,24-25,42-48H2,1-10H3/b38-34+,53-35+,71-39+. The Morgan fingerprint density at radius 3 is 1.96 bits per heavy atom. The number of anilines is 2. The molecule has 12 rings (SSSR count). The summed E-state index contributed by atoms with van der Waals surface area (Å²) in [5.74, 6) is 1.37. The predicted molar refractivity (Wildman–Crippen MR) is 364 cm³/mol. The van der Waals surface area contributed by atoms with Crippen LogP contribution in [0, 0.1) is 0 Å². The van der Waals surface area contributed by atoms with Crippen molar-refractivity contribution >= 4 is 38.9 Å². The van der Waals surface area contributed by atoms with Gasteiger partial charge < -0.3 is 57.9 Å². The number of rotatable bonds is 20. The molecule has 92 heavy (non-hydrogen) atoms. The Kier molecular flexibility index (Phi) is 19.9. The maximum Gasteiger partial charge on any atom is 0.302 e. The molecule has 6 aromatic carbocycles. The largest absolute Gasteiger partial charge is 0.508 e. The number of benzene rings is 6. The van der Waals surface area contributed by atoms with Crippen molar-refractivity contribution in [2.45, 2.75) is 230 Å². The Balaban J connectivity index is 0.795. The molecule has 0 spiro atoms. The van der Waals surface area contributed by atoms with Crippen LogP contribution >= 0.6 is 0 Å². The van der Waals surface area contributed by atoms with E-state index in [4.69, 9.17) is 37.9 Å². The first-order chi connectivity index (χ1) is 44.4. The van der Waals surface area contributed by atoms with Gasteiger partial charge in [0.15, 0.2) is 18.9 Å². The fourth-order valence-corrected chi connectivity index (χ4v) is 15.8. The Morgan fingerprint density at radius 2 is 1.29 bits per heavy atom. The fourth-order valence-electron chi connectivity index (χ4n) is 15.8. The average molecular weight is 1250 g/mol. The Morgan fingerprint density at radius 1 is 0.685 bits per heavy atom. The number of ether oxygens (including phenoxy) is 8. The highest BCUT2D eigenvalue weighted by molar-refractivity contribution is 5.95. The van der Waals surface area contributed by atoms with Crippen LogP contribution in [-0.2, 0) is 48.8 Å². The molecule has 6 aliphatic rings. The second-order valence-corrected chi connectivity index (χ2v) is 27.7. The SMILES string of the molecule is CCCC1OC(CC2CC(CC)OC(c3cccc(OC4=C(/C=C/C5N(C)c6ccc7ccccc7c6C5(C)C)CCC/C4=C\C=C4\N(C)c5ccc6ccccc6c5C4(C)C)c3)O2)CC(CC2CC(CC(O)CC(CC)OC(C)=O)OC(c3cccc(O)c3)O2)O1. The molecule has 0 aromatic heterocycles. The maximum absolute atomic E-state index is 11.8. The van der Waals surface area contributed by atoms with E-state index in [9.17, 15) is 15.0 Å². The smallest absolute Gasteiger partial charge is 0.302 e. The number of aliphatic hydroxyl groups is 1. The normalized spacial score (nSPS) is 27.9. The number of aromatic hydroxyl groups is 1. The molecular formula is C79H96N2O11. The van der Waals surface area contributed by atoms with E-state index in [0.29, 0.717) is 50.5 Å². The van der Waals surface area contributed by atoms with Gasteiger partial charge in [-0.25, -0.2) is 0 Å². The molecule has 5 heterocycles. The van der Waals surface area contributed by atoms with Crippen molar-refractivity contribution in [3.63, 3.8) is 0 Å². The monoisotopic (exact) mass is 1250 g/mol. The number of fused-ring (bicyclic) bond motifs is 6. The molecule has 1 aliphatic carbocycles. The number of carbonyl (C=O) groups excluding carboxylic acids is 1. The molecule has 13 heteroatoms. The van der Waals surface area contributed by atoms with Gasteiger partial charge in [-0.2, -0.15) is 0 Å². The molecule has 12 unspecified atom stereocenters. The third-order valence-electron chi connectivity index (χ3n) is 20.3. The summed E-state index contributed by atoms with van der Waals surface area (Å²) in [5, 5.41) is 26.9. The van der Waals surface area contributed by atoms with Crippen LogP contribution in [0.25, 0.3) is 21.5 Å². The van der Waals surface area contributed by atoms with E-state index < -0.39 is 31.1 Å². The summed E-state index contributed by atoms with van der Waals surface area (Å²) in [6, 6.07) is 41.9. The molecule has 12 atom stereocenters. The summed E-state index contributed by atoms with van der Waals surface area (Å²) in [6.45, 7) is 17.1. The molecule has 0 bridgehead atoms. The molecular weight excluding hydrogens is 1150 g/mol. The number of allylic oxidation sites excluding steroid dienone is 6. The number of hydrogen-bond donors (Lipinski definition) is 2. The van der Waals surface area contributed by atoms with E-state index >= 15 is 0 Å². The molecule has 2 N–H and O–H groups in total. The zero-order valence-corrected chi connectivity index (χ0v) is 55.6. The molecule has 3 saturated heterocycles. The number of aliphatic hydroxyl groups excluding tert-OH is 1. The minimum atomic E-state index is -0.763. The minimum absolute atomic E-state index is 0.0335. The summed E-state index contributed by atoms with van der Waals surface area (Å²) >= 11 is 0. The zero-order valence-electron chi connectivity index (χ0n) is 55.6. The quantitative estimate of drug-likeness (QED) is 0.0702. The second-order valence-electron chi connectivity index (χ2n) is 27.7. The fraction of sp³-hybridized carbons (Fsp3) is 0.481. The van der Waals surface area contributed by atoms with Crippen molar-refractivity contribution in [3.8, 4) is 11.5 Å². The summed E-state index contributed by atoms with van der Waals surface area (Å²) in [7, 11) is 4.43. The van der Waals surface area contributed by atoms with Gasteiger partial charge in [-0.3, -0.25) is 4.79 Å². The van der Waals surface area contributed by atoms with Gasteiger partial charge in [-0.15, -0.1) is 0 Å². The van der Waals surface area contributed by atoms with Crippen molar-refractivity contribution in [3.05, 3.63) is 190 Å². The molecule has 488 valence electrons. The molecule has 0 saturated carbocycles. The zero-order chi connectivity index (χ0) is 64.4. The Labute approximate surface area is 545 Å². The lowest BCUT2D eigenvalue weighted by atomic mass is 9.78. The van der Waals surface area contributed by atoms with Crippen LogP contribution in [0.1, 0.15) is 180 Å². The van der Waals surface area contributed by atoms with Crippen LogP contribution in [-0.4, -0.2) is 91.4 Å². The highest BCUT2D eigenvalue weighted by Gasteiger charge is 2.45. The number of nitrogens with zero attached hydrogens (tertiary/aromatic N) is 2. The van der Waals surface area contributed by atoms with Crippen molar-refractivity contribution in [1.29, 1.82) is 0 Å². The lowest BCUT2D eigenvalue weighted by Crippen LogP contribution is -2.44. The van der Waals surface area contributed by atoms with E-state index in [1.807, 2.05) is 13.0 Å². The third kappa shape index (κ3) is 14.0. The van der Waals surface area contributed by atoms with Crippen molar-refractivity contribution in [2.24, 2.45) is 0 Å². The van der Waals surface area contributed by atoms with Gasteiger partial charge in [0.25, 0.3) is 0 Å². The molecule has 0 radical (unpaired) electrons. The summed E-state index contributed by atoms with van der Waals surface area (Å²) in [4.78, 5) is 16.6. The lowest BCUT2D eigenvalue weighted by molar-refractivity contribution is -0.287. The van der Waals surface area contributed by atoms with E-state index in [2.05, 4.69) is 187 Å². The van der Waals surface area contributed by atoms with Crippen LogP contribution in [0.5, 0.6) is 11.5 Å². The van der Waals surface area contributed by atoms with Gasteiger partial charge in [0.2, 0.25) is 0 Å². The molecule has 6 aromatic rings. The summed E-state index contributed by atoms with van der Waals surface area (Å²) < 4.78 is 53.4. The highest BCUT2D eigenvalue weighted by Crippen LogP contribution is 2.52. The molecule has 13 nitrogen and oxygen atoms in total. The predicted octanol–water partition coefficient (Wildman–Crippen LogP) is 17.1. The lowest BCUT2D eigenvalue weighted by Gasteiger charge is -2.42. The van der Waals surface area contributed by atoms with E-state index in [1.165, 1.54) is 62.2 Å². The van der Waals surface area contributed by atoms with Crippen molar-refractivity contribution < 1.29 is 52.9 Å². The molecule has 3 fully saturated rings. The van der Waals surface area contributed by atoms with Crippen LogP contribution in [0.2, 0.25) is 0 Å². The summed E-state index contributed by atoms with van der Waals surface area (Å²) in [6.07, 6.45) is 14.9. The first kappa shape index (κ1) is 65.3. The van der Waals surface area contributed by atoms with Crippen LogP contribution < -0.4 is 14.5 Å². The second kappa shape index (κ2) is 28.0. The highest BCUT2D eigenvalue weighted by atomic mass is 16.7. The Hall–Kier alpha value is -6.81. The van der Waals surface area contributed by atoms with Gasteiger partial charge in [-0.1, -0.05) is 158 Å². The minimum Gasteiger partial charge on any atom is -0.508 e.